The summed E-state index contributed by atoms with van der Waals surface area (Å²) in [7, 11) is 0. The van der Waals surface area contributed by atoms with Gasteiger partial charge in [0.25, 0.3) is 11.6 Å². The molecule has 0 aromatic heterocycles. The first kappa shape index (κ1) is 16.1. The van der Waals surface area contributed by atoms with Gasteiger partial charge in [-0.15, -0.1) is 0 Å². The van der Waals surface area contributed by atoms with E-state index in [-0.39, 0.29) is 22.3 Å². The van der Waals surface area contributed by atoms with E-state index in [4.69, 9.17) is 4.74 Å². The van der Waals surface area contributed by atoms with Crippen molar-refractivity contribution in [2.24, 2.45) is 0 Å². The molecule has 7 nitrogen and oxygen atoms in total. The number of hydrogen-bond acceptors (Lipinski definition) is 5. The zero-order chi connectivity index (χ0) is 15.3. The third-order valence-electron chi connectivity index (χ3n) is 2.39. The van der Waals surface area contributed by atoms with E-state index >= 15 is 0 Å². The molecule has 1 amide bonds. The molecule has 0 saturated heterocycles. The van der Waals surface area contributed by atoms with Crippen LogP contribution in [-0.4, -0.2) is 29.4 Å². The maximum Gasteiger partial charge on any atom is 0.328 e. The van der Waals surface area contributed by atoms with Crippen molar-refractivity contribution in [2.75, 3.05) is 6.61 Å². The van der Waals surface area contributed by atoms with Gasteiger partial charge in [-0.2, -0.15) is 0 Å². The molecule has 0 aliphatic carbocycles. The highest BCUT2D eigenvalue weighted by Crippen LogP contribution is 2.25. The number of esters is 1. The molecule has 1 unspecified atom stereocenters. The van der Waals surface area contributed by atoms with Gasteiger partial charge in [0.1, 0.15) is 6.04 Å². The Bertz CT molecular complexity index is 547. The first-order valence-electron chi connectivity index (χ1n) is 5.78. The summed E-state index contributed by atoms with van der Waals surface area (Å²) in [5.41, 5.74) is -0.127. The number of ether oxygens (including phenoxy) is 1. The van der Waals surface area contributed by atoms with E-state index in [1.165, 1.54) is 19.1 Å². The molecule has 20 heavy (non-hydrogen) atoms. The van der Waals surface area contributed by atoms with Gasteiger partial charge in [-0.25, -0.2) is 4.79 Å². The maximum absolute atomic E-state index is 11.9. The fourth-order valence-electron chi connectivity index (χ4n) is 1.40. The number of nitro benzene ring substituents is 1. The van der Waals surface area contributed by atoms with E-state index in [0.717, 1.165) is 6.07 Å². The third kappa shape index (κ3) is 4.02. The lowest BCUT2D eigenvalue weighted by molar-refractivity contribution is -0.385. The van der Waals surface area contributed by atoms with Crippen molar-refractivity contribution in [2.45, 2.75) is 19.9 Å². The smallest absolute Gasteiger partial charge is 0.328 e. The number of nitrogens with one attached hydrogen (secondary N) is 1. The molecule has 1 N–H and O–H groups in total. The average molecular weight is 345 g/mol. The number of amides is 1. The predicted molar refractivity (Wildman–Crippen MR) is 74.4 cm³/mol. The largest absolute Gasteiger partial charge is 0.464 e. The highest BCUT2D eigenvalue weighted by molar-refractivity contribution is 9.10. The van der Waals surface area contributed by atoms with Crippen molar-refractivity contribution in [3.63, 3.8) is 0 Å². The van der Waals surface area contributed by atoms with Crippen LogP contribution < -0.4 is 5.32 Å². The number of nitro groups is 1. The standard InChI is InChI=1S/C12H13BrN2O5/c1-3-20-12(17)7(2)14-11(16)8-4-5-9(13)10(6-8)15(18)19/h4-7H,3H2,1-2H3,(H,14,16). The van der Waals surface area contributed by atoms with Gasteiger partial charge in [0.15, 0.2) is 0 Å². The number of hydrogen-bond donors (Lipinski definition) is 1. The number of nitrogens with zero attached hydrogens (tertiary/aromatic N) is 1. The fraction of sp³-hybridized carbons (Fsp3) is 0.333. The van der Waals surface area contributed by atoms with Crippen LogP contribution in [0.5, 0.6) is 0 Å². The monoisotopic (exact) mass is 344 g/mol. The molecule has 8 heteroatoms. The molecule has 0 bridgehead atoms. The van der Waals surface area contributed by atoms with Crippen molar-refractivity contribution < 1.29 is 19.2 Å². The van der Waals surface area contributed by atoms with Gasteiger partial charge in [0.05, 0.1) is 16.0 Å². The van der Waals surface area contributed by atoms with E-state index in [1.54, 1.807) is 6.92 Å². The summed E-state index contributed by atoms with van der Waals surface area (Å²) in [6.45, 7) is 3.34. The Morgan fingerprint density at radius 2 is 2.15 bits per heavy atom. The van der Waals surface area contributed by atoms with Gasteiger partial charge < -0.3 is 10.1 Å². The summed E-state index contributed by atoms with van der Waals surface area (Å²) in [5, 5.41) is 13.2. The molecule has 0 spiro atoms. The quantitative estimate of drug-likeness (QED) is 0.500. The highest BCUT2D eigenvalue weighted by atomic mass is 79.9. The third-order valence-corrected chi connectivity index (χ3v) is 3.06. The molecule has 1 rings (SSSR count). The minimum atomic E-state index is -0.829. The molecule has 1 atom stereocenters. The Hall–Kier alpha value is -1.96. The Kier molecular flexibility index (Phi) is 5.63. The van der Waals surface area contributed by atoms with Crippen molar-refractivity contribution in [1.29, 1.82) is 0 Å². The van der Waals surface area contributed by atoms with Crippen LogP contribution in [0.15, 0.2) is 22.7 Å². The fourth-order valence-corrected chi connectivity index (χ4v) is 1.79. The second-order valence-electron chi connectivity index (χ2n) is 3.87. The van der Waals surface area contributed by atoms with E-state index in [9.17, 15) is 19.7 Å². The molecule has 0 radical (unpaired) electrons. The maximum atomic E-state index is 11.9. The van der Waals surface area contributed by atoms with E-state index in [1.807, 2.05) is 0 Å². The number of rotatable bonds is 5. The molecule has 1 aromatic carbocycles. The summed E-state index contributed by atoms with van der Waals surface area (Å²) < 4.78 is 5.03. The van der Waals surface area contributed by atoms with Gasteiger partial charge in [-0.05, 0) is 41.9 Å². The number of halogens is 1. The van der Waals surface area contributed by atoms with Crippen molar-refractivity contribution >= 4 is 33.5 Å². The lowest BCUT2D eigenvalue weighted by atomic mass is 10.2. The summed E-state index contributed by atoms with van der Waals surface area (Å²) in [5.74, 6) is -1.14. The zero-order valence-corrected chi connectivity index (χ0v) is 12.5. The normalized spacial score (nSPS) is 11.6. The Morgan fingerprint density at radius 1 is 1.50 bits per heavy atom. The minimum Gasteiger partial charge on any atom is -0.464 e. The van der Waals surface area contributed by atoms with Gasteiger partial charge >= 0.3 is 5.97 Å². The highest BCUT2D eigenvalue weighted by Gasteiger charge is 2.20. The lowest BCUT2D eigenvalue weighted by Crippen LogP contribution is -2.39. The predicted octanol–water partition coefficient (Wildman–Crippen LogP) is 2.04. The number of carbonyl (C=O) groups is 2. The second-order valence-corrected chi connectivity index (χ2v) is 4.72. The Morgan fingerprint density at radius 3 is 2.70 bits per heavy atom. The first-order valence-corrected chi connectivity index (χ1v) is 6.57. The van der Waals surface area contributed by atoms with Gasteiger partial charge in [-0.3, -0.25) is 14.9 Å². The summed E-state index contributed by atoms with van der Waals surface area (Å²) >= 11 is 3.03. The summed E-state index contributed by atoms with van der Waals surface area (Å²) in [6, 6.07) is 3.13. The second kappa shape index (κ2) is 6.99. The van der Waals surface area contributed by atoms with Crippen LogP contribution in [0, 0.1) is 10.1 Å². The zero-order valence-electron chi connectivity index (χ0n) is 10.9. The molecule has 1 aromatic rings. The molecule has 0 saturated carbocycles. The van der Waals surface area contributed by atoms with Gasteiger partial charge in [0, 0.05) is 11.6 Å². The molecular weight excluding hydrogens is 332 g/mol. The summed E-state index contributed by atoms with van der Waals surface area (Å²) in [4.78, 5) is 33.5. The van der Waals surface area contributed by atoms with Crippen LogP contribution in [0.4, 0.5) is 5.69 Å². The Labute approximate surface area is 123 Å². The summed E-state index contributed by atoms with van der Waals surface area (Å²) in [6.07, 6.45) is 0. The van der Waals surface area contributed by atoms with Crippen molar-refractivity contribution in [1.82, 2.24) is 5.32 Å². The van der Waals surface area contributed by atoms with Crippen LogP contribution in [0.3, 0.4) is 0 Å². The molecule has 0 heterocycles. The molecular formula is C12H13BrN2O5. The molecule has 0 aliphatic heterocycles. The molecule has 108 valence electrons. The van der Waals surface area contributed by atoms with Crippen LogP contribution >= 0.6 is 15.9 Å². The van der Waals surface area contributed by atoms with Gasteiger partial charge in [0.2, 0.25) is 0 Å². The molecule has 0 fully saturated rings. The van der Waals surface area contributed by atoms with Crippen LogP contribution in [0.25, 0.3) is 0 Å². The minimum absolute atomic E-state index is 0.0936. The lowest BCUT2D eigenvalue weighted by Gasteiger charge is -2.12. The van der Waals surface area contributed by atoms with Crippen LogP contribution in [0.1, 0.15) is 24.2 Å². The van der Waals surface area contributed by atoms with Crippen LogP contribution in [-0.2, 0) is 9.53 Å². The van der Waals surface area contributed by atoms with Gasteiger partial charge in [-0.1, -0.05) is 0 Å². The van der Waals surface area contributed by atoms with E-state index < -0.39 is 22.8 Å². The van der Waals surface area contributed by atoms with E-state index in [0.29, 0.717) is 0 Å². The van der Waals surface area contributed by atoms with Crippen molar-refractivity contribution in [3.05, 3.63) is 38.3 Å². The molecule has 0 aliphatic rings. The number of carbonyl (C=O) groups excluding carboxylic acids is 2. The first-order chi connectivity index (χ1) is 9.36. The Balaban J connectivity index is 2.85. The van der Waals surface area contributed by atoms with Crippen LogP contribution in [0.2, 0.25) is 0 Å². The number of benzene rings is 1. The van der Waals surface area contributed by atoms with Crippen molar-refractivity contribution in [3.8, 4) is 0 Å². The SMILES string of the molecule is CCOC(=O)C(C)NC(=O)c1ccc(Br)c([N+](=O)[O-])c1. The topological polar surface area (TPSA) is 98.5 Å². The van der Waals surface area contributed by atoms with E-state index in [2.05, 4.69) is 21.2 Å². The average Bonchev–Trinajstić information content (AvgIpc) is 2.38.